The minimum absolute atomic E-state index is 0.193. The molecule has 252 valence electrons. The van der Waals surface area contributed by atoms with Gasteiger partial charge in [0.25, 0.3) is 0 Å². The number of carbonyl (C=O) groups is 4. The van der Waals surface area contributed by atoms with E-state index in [1.807, 2.05) is 109 Å². The van der Waals surface area contributed by atoms with Gasteiger partial charge in [-0.15, -0.1) is 0 Å². The summed E-state index contributed by atoms with van der Waals surface area (Å²) in [5, 5.41) is 0. The van der Waals surface area contributed by atoms with Crippen LogP contribution in [0.15, 0.2) is 133 Å². The lowest BCUT2D eigenvalue weighted by Crippen LogP contribution is -2.45. The van der Waals surface area contributed by atoms with E-state index in [1.165, 1.54) is 13.2 Å². The second-order valence-corrected chi connectivity index (χ2v) is 12.9. The summed E-state index contributed by atoms with van der Waals surface area (Å²) in [5.74, 6) is -2.81. The monoisotopic (exact) mass is 675 g/mol. The number of nitrogens with zero attached hydrogens (tertiary/aromatic N) is 1. The van der Waals surface area contributed by atoms with Gasteiger partial charge in [0.15, 0.2) is 5.78 Å². The zero-order valence-electron chi connectivity index (χ0n) is 28.2. The van der Waals surface area contributed by atoms with E-state index in [4.69, 9.17) is 14.2 Å². The number of methoxy groups -OCH3 is 3. The maximum absolute atomic E-state index is 16.1. The summed E-state index contributed by atoms with van der Waals surface area (Å²) in [6, 6.07) is 39.9. The fourth-order valence-electron chi connectivity index (χ4n) is 8.78. The van der Waals surface area contributed by atoms with E-state index in [1.54, 1.807) is 32.4 Å². The molecule has 2 amide bonds. The first-order valence-electron chi connectivity index (χ1n) is 16.6. The first-order chi connectivity index (χ1) is 24.8. The first-order valence-corrected chi connectivity index (χ1v) is 16.6. The number of anilines is 1. The van der Waals surface area contributed by atoms with Gasteiger partial charge in [-0.25, -0.2) is 9.69 Å². The highest BCUT2D eigenvalue weighted by Gasteiger charge is 2.82. The minimum atomic E-state index is -1.58. The zero-order valence-corrected chi connectivity index (χ0v) is 28.2. The van der Waals surface area contributed by atoms with Crippen molar-refractivity contribution >= 4 is 40.4 Å². The van der Waals surface area contributed by atoms with Crippen LogP contribution in [0, 0.1) is 11.8 Å². The maximum Gasteiger partial charge on any atom is 0.337 e. The number of rotatable bonds is 8. The van der Waals surface area contributed by atoms with Gasteiger partial charge in [0.1, 0.15) is 11.5 Å². The van der Waals surface area contributed by atoms with Crippen LogP contribution in [0.4, 0.5) is 5.69 Å². The number of carbonyl (C=O) groups excluding carboxylic acids is 4. The molecule has 1 aliphatic heterocycles. The normalized spacial score (nSPS) is 23.4. The number of hydrogen-bond acceptors (Lipinski definition) is 7. The predicted molar refractivity (Wildman–Crippen MR) is 191 cm³/mol. The van der Waals surface area contributed by atoms with Gasteiger partial charge in [-0.3, -0.25) is 14.4 Å². The summed E-state index contributed by atoms with van der Waals surface area (Å²) < 4.78 is 16.0. The molecule has 5 aromatic carbocycles. The molecule has 8 heteroatoms. The Kier molecular flexibility index (Phi) is 7.49. The molecule has 4 atom stereocenters. The van der Waals surface area contributed by atoms with Crippen molar-refractivity contribution in [1.29, 1.82) is 0 Å². The van der Waals surface area contributed by atoms with Gasteiger partial charge < -0.3 is 14.2 Å². The average molecular weight is 676 g/mol. The molecule has 2 bridgehead atoms. The van der Waals surface area contributed by atoms with Crippen molar-refractivity contribution in [3.05, 3.63) is 161 Å². The number of amides is 2. The van der Waals surface area contributed by atoms with E-state index >= 15 is 14.4 Å². The van der Waals surface area contributed by atoms with Crippen LogP contribution in [0.3, 0.4) is 0 Å². The highest BCUT2D eigenvalue weighted by atomic mass is 16.5. The number of ether oxygens (including phenoxy) is 3. The molecule has 1 saturated heterocycles. The van der Waals surface area contributed by atoms with Crippen molar-refractivity contribution in [2.24, 2.45) is 11.8 Å². The van der Waals surface area contributed by atoms with Crippen molar-refractivity contribution in [3.63, 3.8) is 0 Å². The predicted octanol–water partition coefficient (Wildman–Crippen LogP) is 6.68. The molecule has 1 heterocycles. The lowest BCUT2D eigenvalue weighted by molar-refractivity contribution is -0.130. The second-order valence-electron chi connectivity index (χ2n) is 12.9. The Bertz CT molecular complexity index is 2120. The molecule has 2 aliphatic carbocycles. The van der Waals surface area contributed by atoms with E-state index in [2.05, 4.69) is 0 Å². The van der Waals surface area contributed by atoms with Crippen LogP contribution in [-0.2, 0) is 30.0 Å². The van der Waals surface area contributed by atoms with Gasteiger partial charge in [-0.2, -0.15) is 0 Å². The lowest BCUT2D eigenvalue weighted by Gasteiger charge is -2.39. The van der Waals surface area contributed by atoms with E-state index < -0.39 is 40.4 Å². The summed E-state index contributed by atoms with van der Waals surface area (Å²) in [7, 11) is 4.45. The van der Waals surface area contributed by atoms with Crippen LogP contribution in [0.5, 0.6) is 11.5 Å². The molecule has 51 heavy (non-hydrogen) atoms. The van der Waals surface area contributed by atoms with Crippen LogP contribution in [0.25, 0.3) is 11.1 Å². The molecule has 5 aromatic rings. The van der Waals surface area contributed by atoms with Crippen molar-refractivity contribution in [2.75, 3.05) is 26.2 Å². The van der Waals surface area contributed by atoms with Gasteiger partial charge in [-0.1, -0.05) is 91.0 Å². The molecule has 2 fully saturated rings. The Hall–Kier alpha value is -6.28. The molecule has 8 nitrogen and oxygen atoms in total. The summed E-state index contributed by atoms with van der Waals surface area (Å²) >= 11 is 0. The first kappa shape index (κ1) is 32.0. The quantitative estimate of drug-likeness (QED) is 0.134. The zero-order chi connectivity index (χ0) is 35.5. The number of benzene rings is 5. The van der Waals surface area contributed by atoms with Crippen molar-refractivity contribution in [3.8, 4) is 11.5 Å². The third kappa shape index (κ3) is 4.26. The van der Waals surface area contributed by atoms with E-state index in [0.717, 1.165) is 16.0 Å². The van der Waals surface area contributed by atoms with Crippen molar-refractivity contribution in [2.45, 2.75) is 10.8 Å². The molecule has 0 N–H and O–H groups in total. The fraction of sp³-hybridized carbons (Fsp3) is 0.163. The lowest BCUT2D eigenvalue weighted by atomic mass is 9.59. The number of esters is 1. The standard InChI is InChI=1S/C43H33NO7/c1-49-32-21-17-26(18-22-32)34-35(27-19-23-33(50-2)24-20-27)43(30-14-8-5-9-15-30)37-36(42(34,41(43)48)29-12-6-4-7-13-29)38(45)44(39(37)46)31-16-10-11-28(25-31)40(47)51-3/h4-25,36-37H,1-3H3. The third-order valence-corrected chi connectivity index (χ3v) is 10.7. The smallest absolute Gasteiger partial charge is 0.337 e. The fourth-order valence-corrected chi connectivity index (χ4v) is 8.78. The molecule has 0 radical (unpaired) electrons. The largest absolute Gasteiger partial charge is 0.497 e. The molecule has 3 aliphatic rings. The summed E-state index contributed by atoms with van der Waals surface area (Å²) in [6.07, 6.45) is 0. The number of ketones is 1. The highest BCUT2D eigenvalue weighted by Crippen LogP contribution is 2.74. The Labute approximate surface area is 294 Å². The number of imide groups is 1. The summed E-state index contributed by atoms with van der Waals surface area (Å²) in [6.45, 7) is 0. The number of allylic oxidation sites excluding steroid dienone is 2. The molecule has 4 unspecified atom stereocenters. The van der Waals surface area contributed by atoms with E-state index in [0.29, 0.717) is 33.8 Å². The van der Waals surface area contributed by atoms with Crippen LogP contribution in [0.1, 0.15) is 32.6 Å². The Morgan fingerprint density at radius 1 is 0.569 bits per heavy atom. The van der Waals surface area contributed by atoms with Crippen LogP contribution in [-0.4, -0.2) is 44.9 Å². The minimum Gasteiger partial charge on any atom is -0.497 e. The highest BCUT2D eigenvalue weighted by molar-refractivity contribution is 6.39. The van der Waals surface area contributed by atoms with Gasteiger partial charge in [0.05, 0.1) is 55.2 Å². The van der Waals surface area contributed by atoms with Gasteiger partial charge in [0.2, 0.25) is 11.8 Å². The molecule has 8 rings (SSSR count). The maximum atomic E-state index is 16.1. The average Bonchev–Trinajstić information content (AvgIpc) is 3.70. The topological polar surface area (TPSA) is 99.2 Å². The van der Waals surface area contributed by atoms with Gasteiger partial charge in [0, 0.05) is 0 Å². The molecule has 1 saturated carbocycles. The number of hydrogen-bond donors (Lipinski definition) is 0. The number of Topliss-reactive ketones (excluding diaryl/α,β-unsaturated/α-hetero) is 1. The van der Waals surface area contributed by atoms with Crippen LogP contribution >= 0.6 is 0 Å². The van der Waals surface area contributed by atoms with Crippen LogP contribution < -0.4 is 14.4 Å². The Morgan fingerprint density at radius 3 is 1.43 bits per heavy atom. The summed E-state index contributed by atoms with van der Waals surface area (Å²) in [4.78, 5) is 60.3. The summed E-state index contributed by atoms with van der Waals surface area (Å²) in [5.41, 5.74) is 1.26. The molecule has 0 aromatic heterocycles. The molecule has 0 spiro atoms. The third-order valence-electron chi connectivity index (χ3n) is 10.7. The van der Waals surface area contributed by atoms with E-state index in [9.17, 15) is 4.79 Å². The Balaban J connectivity index is 1.51. The Morgan fingerprint density at radius 2 is 1.02 bits per heavy atom. The van der Waals surface area contributed by atoms with Gasteiger partial charge >= 0.3 is 5.97 Å². The van der Waals surface area contributed by atoms with Crippen LogP contribution in [0.2, 0.25) is 0 Å². The van der Waals surface area contributed by atoms with Gasteiger partial charge in [-0.05, 0) is 75.9 Å². The number of fused-ring (bicyclic) bond motifs is 5. The van der Waals surface area contributed by atoms with E-state index in [-0.39, 0.29) is 17.0 Å². The van der Waals surface area contributed by atoms with Crippen molar-refractivity contribution in [1.82, 2.24) is 0 Å². The van der Waals surface area contributed by atoms with Crippen molar-refractivity contribution < 1.29 is 33.4 Å². The SMILES string of the molecule is COC(=O)c1cccc(N2C(=O)C3C(C2=O)C2(c4ccccc4)C(=O)C3(c3ccccc3)C(c3ccc(OC)cc3)=C2c2ccc(OC)cc2)c1. The molecular formula is C43H33NO7. The second kappa shape index (κ2) is 11.9. The molecular weight excluding hydrogens is 642 g/mol.